The lowest BCUT2D eigenvalue weighted by Crippen LogP contribution is -2.40. The van der Waals surface area contributed by atoms with E-state index < -0.39 is 49.5 Å². The maximum Gasteiger partial charge on any atom is 0.459 e. The largest absolute Gasteiger partial charge is 0.465 e. The van der Waals surface area contributed by atoms with Crippen molar-refractivity contribution >= 4 is 25.1 Å². The van der Waals surface area contributed by atoms with Gasteiger partial charge < -0.3 is 29.2 Å². The molecule has 0 amide bonds. The van der Waals surface area contributed by atoms with Gasteiger partial charge >= 0.3 is 13.7 Å². The first-order valence-corrected chi connectivity index (χ1v) is 16.7. The predicted octanol–water partition coefficient (Wildman–Crippen LogP) is 4.38. The smallest absolute Gasteiger partial charge is 0.459 e. The van der Waals surface area contributed by atoms with Crippen LogP contribution in [0.5, 0.6) is 5.75 Å². The van der Waals surface area contributed by atoms with Gasteiger partial charge in [-0.1, -0.05) is 39.8 Å². The summed E-state index contributed by atoms with van der Waals surface area (Å²) < 4.78 is 51.7. The molecule has 248 valence electrons. The Morgan fingerprint density at radius 3 is 2.57 bits per heavy atom. The van der Waals surface area contributed by atoms with E-state index in [1.54, 1.807) is 38.1 Å². The summed E-state index contributed by atoms with van der Waals surface area (Å²) in [6, 6.07) is 11.7. The van der Waals surface area contributed by atoms with E-state index in [1.165, 1.54) is 17.8 Å². The average molecular weight is 657 g/mol. The minimum absolute atomic E-state index is 0.113. The molecule has 46 heavy (non-hydrogen) atoms. The van der Waals surface area contributed by atoms with Crippen LogP contribution in [0.15, 0.2) is 42.7 Å². The van der Waals surface area contributed by atoms with Crippen molar-refractivity contribution in [1.82, 2.24) is 19.7 Å². The lowest BCUT2D eigenvalue weighted by Gasteiger charge is -2.29. The van der Waals surface area contributed by atoms with Crippen LogP contribution in [-0.4, -0.2) is 63.9 Å². The Bertz CT molecular complexity index is 1670. The van der Waals surface area contributed by atoms with Crippen LogP contribution in [0.3, 0.4) is 0 Å². The molecule has 6 atom stereocenters. The topological polar surface area (TPSA) is 182 Å². The van der Waals surface area contributed by atoms with E-state index in [0.717, 1.165) is 5.56 Å². The molecule has 4 heterocycles. The SMILES string of the molecule is CCCOC(=O)[C@H](C)NP(=O)(OC[C@H]1O[C@@](C#N)(c2ccc3c(N)ncnn23)[C@@H]2OC(C)(C)O[C@@H]21)Oc1ccc(C(C)(C)C)cc1. The number of nitrogens with one attached hydrogen (secondary N) is 1. The molecule has 0 saturated carbocycles. The molecule has 2 saturated heterocycles. The molecule has 2 fully saturated rings. The fourth-order valence-corrected chi connectivity index (χ4v) is 7.00. The van der Waals surface area contributed by atoms with Crippen LogP contribution in [0.1, 0.15) is 66.1 Å². The van der Waals surface area contributed by atoms with Crippen LogP contribution in [0.4, 0.5) is 5.82 Å². The van der Waals surface area contributed by atoms with Gasteiger partial charge in [-0.2, -0.15) is 15.4 Å². The van der Waals surface area contributed by atoms with Gasteiger partial charge in [0.05, 0.1) is 18.9 Å². The molecule has 2 aromatic heterocycles. The minimum Gasteiger partial charge on any atom is -0.465 e. The highest BCUT2D eigenvalue weighted by Gasteiger charge is 2.65. The second-order valence-electron chi connectivity index (χ2n) is 12.9. The van der Waals surface area contributed by atoms with Crippen molar-refractivity contribution in [3.63, 3.8) is 0 Å². The highest BCUT2D eigenvalue weighted by atomic mass is 31.2. The summed E-state index contributed by atoms with van der Waals surface area (Å²) in [7, 11) is -4.27. The molecular formula is C31H41N6O8P. The van der Waals surface area contributed by atoms with Gasteiger partial charge in [-0.05, 0) is 62.4 Å². The molecule has 0 aliphatic carbocycles. The maximum atomic E-state index is 14.3. The average Bonchev–Trinajstić information content (AvgIpc) is 3.65. The van der Waals surface area contributed by atoms with Crippen molar-refractivity contribution in [2.75, 3.05) is 18.9 Å². The summed E-state index contributed by atoms with van der Waals surface area (Å²) >= 11 is 0. The number of nitriles is 1. The number of fused-ring (bicyclic) bond motifs is 2. The molecule has 0 bridgehead atoms. The Hall–Kier alpha value is -3.57. The van der Waals surface area contributed by atoms with E-state index in [9.17, 15) is 14.6 Å². The number of nitrogen functional groups attached to an aromatic ring is 1. The first-order valence-electron chi connectivity index (χ1n) is 15.1. The second kappa shape index (κ2) is 12.6. The van der Waals surface area contributed by atoms with Crippen LogP contribution >= 0.6 is 7.75 Å². The number of benzene rings is 1. The molecule has 2 aliphatic heterocycles. The number of hydrogen-bond donors (Lipinski definition) is 2. The van der Waals surface area contributed by atoms with E-state index in [1.807, 2.05) is 19.1 Å². The zero-order valence-corrected chi connectivity index (χ0v) is 27.9. The third kappa shape index (κ3) is 6.62. The lowest BCUT2D eigenvalue weighted by atomic mass is 9.87. The number of nitrogens with zero attached hydrogens (tertiary/aromatic N) is 4. The molecule has 1 unspecified atom stereocenters. The third-order valence-corrected chi connectivity index (χ3v) is 9.41. The summed E-state index contributed by atoms with van der Waals surface area (Å²) in [6.45, 7) is 12.9. The monoisotopic (exact) mass is 656 g/mol. The molecule has 5 rings (SSSR count). The molecule has 14 nitrogen and oxygen atoms in total. The zero-order valence-electron chi connectivity index (χ0n) is 27.1. The van der Waals surface area contributed by atoms with Gasteiger partial charge in [-0.3, -0.25) is 9.32 Å². The number of carbonyl (C=O) groups excluding carboxylic acids is 1. The van der Waals surface area contributed by atoms with Crippen LogP contribution in [0, 0.1) is 11.3 Å². The Balaban J connectivity index is 1.44. The molecule has 3 aromatic rings. The van der Waals surface area contributed by atoms with Gasteiger partial charge in [0.1, 0.15) is 48.0 Å². The van der Waals surface area contributed by atoms with Crippen LogP contribution in [0.2, 0.25) is 0 Å². The van der Waals surface area contributed by atoms with Gasteiger partial charge in [0, 0.05) is 0 Å². The number of rotatable bonds is 11. The Morgan fingerprint density at radius 2 is 1.91 bits per heavy atom. The number of hydrogen-bond acceptors (Lipinski definition) is 12. The second-order valence-corrected chi connectivity index (χ2v) is 14.6. The van der Waals surface area contributed by atoms with E-state index in [0.29, 0.717) is 17.6 Å². The third-order valence-electron chi connectivity index (χ3n) is 7.77. The summed E-state index contributed by atoms with van der Waals surface area (Å²) in [5.74, 6) is -1.22. The van der Waals surface area contributed by atoms with Crippen molar-refractivity contribution in [2.45, 2.75) is 96.0 Å². The molecule has 0 radical (unpaired) electrons. The summed E-state index contributed by atoms with van der Waals surface area (Å²) in [6.07, 6.45) is -0.790. The number of ether oxygens (including phenoxy) is 4. The highest BCUT2D eigenvalue weighted by Crippen LogP contribution is 2.51. The minimum atomic E-state index is -4.27. The standard InChI is InChI=1S/C31H41N6O8P/c1-8-15-40-28(38)19(2)36-46(39,45-21-11-9-20(10-12-21)29(3,4)5)41-16-23-25-26(44-30(6,7)43-25)31(17-32,42-23)24-14-13-22-27(33)34-18-35-37(22)24/h9-14,18-19,23,25-26H,8,15-16H2,1-7H3,(H,36,39)(H2,33,34,35)/t19-,23+,25+,26+,31-,46?/m0/s1. The van der Waals surface area contributed by atoms with Crippen LogP contribution < -0.4 is 15.3 Å². The molecular weight excluding hydrogens is 615 g/mol. The van der Waals surface area contributed by atoms with Crippen molar-refractivity contribution in [3.8, 4) is 11.8 Å². The van der Waals surface area contributed by atoms with E-state index in [-0.39, 0.29) is 30.2 Å². The fourth-order valence-electron chi connectivity index (χ4n) is 5.50. The van der Waals surface area contributed by atoms with E-state index in [2.05, 4.69) is 42.0 Å². The predicted molar refractivity (Wildman–Crippen MR) is 167 cm³/mol. The fraction of sp³-hybridized carbons (Fsp3) is 0.548. The Kier molecular flexibility index (Phi) is 9.22. The van der Waals surface area contributed by atoms with Crippen LogP contribution in [0.25, 0.3) is 5.52 Å². The van der Waals surface area contributed by atoms with Crippen molar-refractivity contribution in [3.05, 3.63) is 54.0 Å². The number of anilines is 1. The first kappa shape index (κ1) is 33.8. The molecule has 15 heteroatoms. The first-order chi connectivity index (χ1) is 21.6. The maximum absolute atomic E-state index is 14.3. The normalized spacial score (nSPS) is 25.8. The Morgan fingerprint density at radius 1 is 1.20 bits per heavy atom. The summed E-state index contributed by atoms with van der Waals surface area (Å²) in [5.41, 5.74) is 6.10. The molecule has 0 spiro atoms. The van der Waals surface area contributed by atoms with Gasteiger partial charge in [-0.25, -0.2) is 14.1 Å². The van der Waals surface area contributed by atoms with Crippen molar-refractivity contribution in [2.24, 2.45) is 0 Å². The van der Waals surface area contributed by atoms with Gasteiger partial charge in [-0.15, -0.1) is 0 Å². The van der Waals surface area contributed by atoms with E-state index in [4.69, 9.17) is 33.7 Å². The van der Waals surface area contributed by atoms with Crippen molar-refractivity contribution in [1.29, 1.82) is 5.26 Å². The van der Waals surface area contributed by atoms with E-state index >= 15 is 0 Å². The van der Waals surface area contributed by atoms with Gasteiger partial charge in [0.15, 0.2) is 11.6 Å². The quantitative estimate of drug-likeness (QED) is 0.219. The highest BCUT2D eigenvalue weighted by molar-refractivity contribution is 7.52. The van der Waals surface area contributed by atoms with Gasteiger partial charge in [0.2, 0.25) is 5.60 Å². The summed E-state index contributed by atoms with van der Waals surface area (Å²) in [4.78, 5) is 16.6. The number of esters is 1. The molecule has 1 aromatic carbocycles. The summed E-state index contributed by atoms with van der Waals surface area (Å²) in [5, 5.41) is 17.6. The molecule has 2 aliphatic rings. The van der Waals surface area contributed by atoms with Crippen LogP contribution in [-0.2, 0) is 43.8 Å². The zero-order chi connectivity index (χ0) is 33.5. The molecule has 3 N–H and O–H groups in total. The van der Waals surface area contributed by atoms with Gasteiger partial charge in [0.25, 0.3) is 0 Å². The Labute approximate surface area is 268 Å². The number of aromatic nitrogens is 3. The number of nitrogens with two attached hydrogens (primary N) is 1. The number of carbonyl (C=O) groups is 1. The van der Waals surface area contributed by atoms with Crippen molar-refractivity contribution < 1.29 is 37.4 Å². The lowest BCUT2D eigenvalue weighted by molar-refractivity contribution is -0.204.